The summed E-state index contributed by atoms with van der Waals surface area (Å²) in [5, 5.41) is 37.7. The Morgan fingerprint density at radius 1 is 0.505 bits per heavy atom. The minimum atomic E-state index is -1.22. The van der Waals surface area contributed by atoms with Crippen LogP contribution in [0.2, 0.25) is 0 Å². The molecule has 0 saturated carbocycles. The summed E-state index contributed by atoms with van der Waals surface area (Å²) < 4.78 is 71.0. The number of ether oxygens (including phenoxy) is 12. The zero-order valence-electron chi connectivity index (χ0n) is 62.1. The number of hydrogen-bond donors (Lipinski definition) is 8. The number of hydrogen-bond acceptors (Lipinski definition) is 24. The third-order valence-corrected chi connectivity index (χ3v) is 18.4. The van der Waals surface area contributed by atoms with Gasteiger partial charge in [-0.1, -0.05) is 96.1 Å². The Morgan fingerprint density at radius 2 is 0.925 bits per heavy atom. The number of aliphatic hydroxyl groups excluding tert-OH is 2. The maximum atomic E-state index is 13.8. The van der Waals surface area contributed by atoms with Crippen LogP contribution in [0, 0.1) is 22.7 Å². The molecule has 4 aliphatic heterocycles. The van der Waals surface area contributed by atoms with Crippen LogP contribution in [0.3, 0.4) is 0 Å². The minimum absolute atomic E-state index is 0.0618. The lowest BCUT2D eigenvalue weighted by atomic mass is 9.86. The van der Waals surface area contributed by atoms with E-state index >= 15 is 0 Å². The Hall–Kier alpha value is -9.79. The van der Waals surface area contributed by atoms with E-state index in [2.05, 4.69) is 37.1 Å². The number of alkyl carbamates (subject to hydrolysis) is 4. The lowest BCUT2D eigenvalue weighted by molar-refractivity contribution is -0.132. The number of methoxy groups -OCH3 is 4. The van der Waals surface area contributed by atoms with E-state index in [0.29, 0.717) is 62.3 Å². The molecule has 0 spiro atoms. The molecular weight excluding hydrogens is 1390 g/mol. The normalized spacial score (nSPS) is 19.7. The van der Waals surface area contributed by atoms with Crippen molar-refractivity contribution >= 4 is 36.2 Å². The highest BCUT2D eigenvalue weighted by Crippen LogP contribution is 2.35. The highest BCUT2D eigenvalue weighted by molar-refractivity contribution is 5.86. The van der Waals surface area contributed by atoms with Crippen LogP contribution in [0.4, 0.5) is 19.2 Å². The number of pyridine rings is 1. The Balaban J connectivity index is 0.000000247. The van der Waals surface area contributed by atoms with Crippen LogP contribution in [0.5, 0.6) is 23.0 Å². The molecule has 0 radical (unpaired) electrons. The van der Waals surface area contributed by atoms with Gasteiger partial charge in [0.2, 0.25) is 0 Å². The van der Waals surface area contributed by atoms with Gasteiger partial charge in [0.1, 0.15) is 60.5 Å². The van der Waals surface area contributed by atoms with Gasteiger partial charge < -0.3 is 92.7 Å². The molecule has 4 aromatic carbocycles. The minimum Gasteiger partial charge on any atom is -0.497 e. The highest BCUT2D eigenvalue weighted by atomic mass is 16.7. The fourth-order valence-corrected chi connectivity index (χ4v) is 12.5. The van der Waals surface area contributed by atoms with Crippen molar-refractivity contribution in [3.8, 4) is 23.0 Å². The maximum absolute atomic E-state index is 13.8. The third-order valence-electron chi connectivity index (χ3n) is 18.4. The molecule has 10 rings (SSSR count). The van der Waals surface area contributed by atoms with Gasteiger partial charge in [-0.25, -0.2) is 29.2 Å². The van der Waals surface area contributed by atoms with Crippen LogP contribution in [-0.2, 0) is 86.6 Å². The molecule has 2 unspecified atom stereocenters. The van der Waals surface area contributed by atoms with Gasteiger partial charge >= 0.3 is 24.4 Å². The van der Waals surface area contributed by atoms with Crippen LogP contribution >= 0.6 is 0 Å². The molecule has 6 aromatic rings. The van der Waals surface area contributed by atoms with Crippen molar-refractivity contribution < 1.29 is 100 Å². The standard InChI is InChI=1S/C39H51N5O10.C38H50N4O11/c1-39(2,3)34(42-37(47)50-5)35(46)43-44(21-26-11-15-29(16-12-26)52-23-27-8-6-7-18-40-27)22-32(45)31(20-25-9-13-28(49-4)14-10-25)41-38(48)54-33-24-53-36-30(33)17-19-51-36;1-38(2,3)33(40-36(45)48-5)34(44)41-42(19-25-8-12-28(13-9-25)51-22-26-14-16-49-21-26)20-31(43)30(18-24-6-10-27(47-4)11-7-24)39-37(46)53-32-23-52-35-29(32)15-17-50-35/h6-16,18,30-34,36,45H,17,19-24H2,1-5H3,(H,41,48)(H,42,47)(H,43,46);6-14,16,21,29-33,35,43H,15,17-20,22-23H2,1-5H3,(H,39,46)(H,40,45)(H,41,44)/t30-,31-,32-,33-,34?,36+;29-,30-,31-,32-,33?,35+/m00/s1. The molecule has 12 atom stereocenters. The first kappa shape index (κ1) is 81.3. The highest BCUT2D eigenvalue weighted by Gasteiger charge is 2.46. The molecule has 6 heterocycles. The number of aromatic nitrogens is 1. The van der Waals surface area contributed by atoms with Crippen LogP contribution in [-0.4, -0.2) is 191 Å². The smallest absolute Gasteiger partial charge is 0.407 e. The number of rotatable bonds is 32. The molecular formula is C77H101N9O21. The van der Waals surface area contributed by atoms with E-state index in [1.54, 1.807) is 79.4 Å². The number of carbonyl (C=O) groups excluding carboxylic acids is 6. The van der Waals surface area contributed by atoms with Crippen LogP contribution < -0.4 is 51.1 Å². The summed E-state index contributed by atoms with van der Waals surface area (Å²) in [6.07, 6.45) is -0.349. The first-order valence-corrected chi connectivity index (χ1v) is 35.5. The number of benzene rings is 4. The van der Waals surface area contributed by atoms with E-state index in [1.165, 1.54) is 14.2 Å². The topological polar surface area (TPSA) is 358 Å². The summed E-state index contributed by atoms with van der Waals surface area (Å²) in [5.41, 5.74) is 9.27. The lowest BCUT2D eigenvalue weighted by Crippen LogP contribution is -2.59. The largest absolute Gasteiger partial charge is 0.497 e. The number of furan rings is 1. The second-order valence-corrected chi connectivity index (χ2v) is 28.6. The van der Waals surface area contributed by atoms with E-state index in [9.17, 15) is 39.0 Å². The number of carbonyl (C=O) groups is 6. The Labute approximate surface area is 622 Å². The number of fused-ring (bicyclic) bond motifs is 2. The van der Waals surface area contributed by atoms with Crippen LogP contribution in [0.15, 0.2) is 144 Å². The summed E-state index contributed by atoms with van der Waals surface area (Å²) in [6, 6.07) is 32.9. The zero-order chi connectivity index (χ0) is 76.6. The van der Waals surface area contributed by atoms with Crippen molar-refractivity contribution in [3.05, 3.63) is 174 Å². The summed E-state index contributed by atoms with van der Waals surface area (Å²) >= 11 is 0. The molecule has 0 bridgehead atoms. The quantitative estimate of drug-likeness (QED) is 0.0148. The van der Waals surface area contributed by atoms with Gasteiger partial charge in [0.15, 0.2) is 12.6 Å². The summed E-state index contributed by atoms with van der Waals surface area (Å²) in [7, 11) is 5.59. The molecule has 4 fully saturated rings. The van der Waals surface area contributed by atoms with E-state index in [-0.39, 0.29) is 64.1 Å². The molecule has 4 aliphatic rings. The predicted molar refractivity (Wildman–Crippen MR) is 387 cm³/mol. The van der Waals surface area contributed by atoms with Crippen molar-refractivity contribution in [1.82, 2.24) is 47.1 Å². The Kier molecular flexibility index (Phi) is 29.8. The number of aliphatic hydroxyl groups is 2. The first-order chi connectivity index (χ1) is 51.3. The predicted octanol–water partition coefficient (Wildman–Crippen LogP) is 7.66. The van der Waals surface area contributed by atoms with E-state index < -0.39 is 108 Å². The van der Waals surface area contributed by atoms with Gasteiger partial charge in [-0.3, -0.25) is 25.4 Å². The van der Waals surface area contributed by atoms with Crippen molar-refractivity contribution in [2.45, 2.75) is 155 Å². The monoisotopic (exact) mass is 1490 g/mol. The van der Waals surface area contributed by atoms with Crippen LogP contribution in [0.25, 0.3) is 0 Å². The fraction of sp³-hybridized carbons (Fsp3) is 0.494. The van der Waals surface area contributed by atoms with Crippen molar-refractivity contribution in [2.75, 3.05) is 68.0 Å². The molecule has 30 heteroatoms. The third kappa shape index (κ3) is 24.9. The van der Waals surface area contributed by atoms with Crippen LogP contribution in [0.1, 0.15) is 87.9 Å². The second kappa shape index (κ2) is 39.2. The van der Waals surface area contributed by atoms with E-state index in [0.717, 1.165) is 33.5 Å². The molecule has 107 heavy (non-hydrogen) atoms. The number of nitrogens with zero attached hydrogens (tertiary/aromatic N) is 3. The Bertz CT molecular complexity index is 3760. The molecule has 30 nitrogen and oxygen atoms in total. The van der Waals surface area contributed by atoms with Gasteiger partial charge in [-0.2, -0.15) is 0 Å². The Morgan fingerprint density at radius 3 is 1.31 bits per heavy atom. The number of nitrogens with one attached hydrogen (secondary N) is 6. The molecule has 2 aromatic heterocycles. The van der Waals surface area contributed by atoms with Crippen molar-refractivity contribution in [3.63, 3.8) is 0 Å². The fourth-order valence-electron chi connectivity index (χ4n) is 12.5. The molecule has 6 amide bonds. The van der Waals surface area contributed by atoms with Crippen molar-refractivity contribution in [2.24, 2.45) is 22.7 Å². The molecule has 0 aliphatic carbocycles. The SMILES string of the molecule is COC(=O)NC(C(=O)NN(Cc1ccc(OCc2ccccn2)cc1)C[C@H](O)[C@H](Cc1ccc(OC)cc1)NC(=O)O[C@H]1CO[C@H]2OCC[C@H]21)C(C)(C)C.COC(=O)NC(C(=O)NN(Cc1ccc(OCc2ccoc2)cc1)C[C@H](O)[C@H](Cc1ccc(OC)cc1)NC(=O)O[C@H]1CO[C@H]2OCC[C@H]21)C(C)(C)C. The van der Waals surface area contributed by atoms with Crippen molar-refractivity contribution in [1.29, 1.82) is 0 Å². The van der Waals surface area contributed by atoms with Gasteiger partial charge in [0, 0.05) is 37.9 Å². The summed E-state index contributed by atoms with van der Waals surface area (Å²) in [4.78, 5) is 83.0. The number of amides is 6. The lowest BCUT2D eigenvalue weighted by Gasteiger charge is -2.34. The van der Waals surface area contributed by atoms with Gasteiger partial charge in [0.05, 0.1) is 109 Å². The first-order valence-electron chi connectivity index (χ1n) is 35.5. The summed E-state index contributed by atoms with van der Waals surface area (Å²) in [6.45, 7) is 13.1. The number of hydrazine groups is 2. The maximum Gasteiger partial charge on any atom is 0.407 e. The molecule has 580 valence electrons. The van der Waals surface area contributed by atoms with Gasteiger partial charge in [0.25, 0.3) is 11.8 Å². The van der Waals surface area contributed by atoms with Gasteiger partial charge in [-0.05, 0) is 125 Å². The summed E-state index contributed by atoms with van der Waals surface area (Å²) in [5.74, 6) is 1.41. The van der Waals surface area contributed by atoms with E-state index in [1.807, 2.05) is 126 Å². The average molecular weight is 1490 g/mol. The van der Waals surface area contributed by atoms with E-state index in [4.69, 9.17) is 61.3 Å². The zero-order valence-corrected chi connectivity index (χ0v) is 62.1. The average Bonchev–Trinajstić information content (AvgIpc) is 1.42. The second-order valence-electron chi connectivity index (χ2n) is 28.6. The molecule has 4 saturated heterocycles. The van der Waals surface area contributed by atoms with Gasteiger partial charge in [-0.15, -0.1) is 0 Å². The molecule has 8 N–H and O–H groups in total.